The number of rotatable bonds is 7. The molecule has 5 nitrogen and oxygen atoms in total. The van der Waals surface area contributed by atoms with Gasteiger partial charge < -0.3 is 15.0 Å². The predicted molar refractivity (Wildman–Crippen MR) is 114 cm³/mol. The molecule has 1 saturated heterocycles. The van der Waals surface area contributed by atoms with Gasteiger partial charge in [-0.2, -0.15) is 0 Å². The molecule has 3 rings (SSSR count). The summed E-state index contributed by atoms with van der Waals surface area (Å²) in [4.78, 5) is 26.6. The third-order valence-electron chi connectivity index (χ3n) is 5.09. The van der Waals surface area contributed by atoms with Crippen molar-refractivity contribution >= 4 is 23.4 Å². The van der Waals surface area contributed by atoms with Gasteiger partial charge in [-0.3, -0.25) is 9.59 Å². The summed E-state index contributed by atoms with van der Waals surface area (Å²) in [5, 5.41) is 3.55. The van der Waals surface area contributed by atoms with Crippen molar-refractivity contribution in [3.63, 3.8) is 0 Å². The number of carbonyl (C=O) groups excluding carboxylic acids is 2. The number of hydrogen-bond acceptors (Lipinski definition) is 3. The molecule has 0 aliphatic carbocycles. The molecule has 1 N–H and O–H groups in total. The maximum absolute atomic E-state index is 12.6. The molecular formula is C23H27ClN2O3. The first kappa shape index (κ1) is 21.2. The Labute approximate surface area is 177 Å². The zero-order valence-electron chi connectivity index (χ0n) is 16.7. The van der Waals surface area contributed by atoms with Gasteiger partial charge in [0.05, 0.1) is 17.2 Å². The molecule has 29 heavy (non-hydrogen) atoms. The highest BCUT2D eigenvalue weighted by molar-refractivity contribution is 6.33. The van der Waals surface area contributed by atoms with Crippen molar-refractivity contribution < 1.29 is 14.3 Å². The van der Waals surface area contributed by atoms with E-state index in [0.29, 0.717) is 43.1 Å². The van der Waals surface area contributed by atoms with Gasteiger partial charge in [0.1, 0.15) is 5.75 Å². The van der Waals surface area contributed by atoms with Crippen LogP contribution >= 0.6 is 11.6 Å². The van der Waals surface area contributed by atoms with E-state index in [-0.39, 0.29) is 17.9 Å². The summed E-state index contributed by atoms with van der Waals surface area (Å²) in [6.07, 6.45) is 2.61. The third-order valence-corrected chi connectivity index (χ3v) is 5.42. The van der Waals surface area contributed by atoms with Crippen molar-refractivity contribution in [2.24, 2.45) is 0 Å². The Morgan fingerprint density at radius 2 is 1.79 bits per heavy atom. The van der Waals surface area contributed by atoms with Gasteiger partial charge in [0.2, 0.25) is 5.91 Å². The fourth-order valence-electron chi connectivity index (χ4n) is 3.39. The van der Waals surface area contributed by atoms with Gasteiger partial charge in [0.25, 0.3) is 5.91 Å². The van der Waals surface area contributed by atoms with E-state index in [9.17, 15) is 9.59 Å². The predicted octanol–water partition coefficient (Wildman–Crippen LogP) is 4.23. The number of ether oxygens (including phenoxy) is 1. The number of nitrogens with one attached hydrogen (secondary N) is 1. The third kappa shape index (κ3) is 6.23. The van der Waals surface area contributed by atoms with Crippen LogP contribution in [0.4, 0.5) is 0 Å². The van der Waals surface area contributed by atoms with Crippen LogP contribution in [0.15, 0.2) is 48.5 Å². The van der Waals surface area contributed by atoms with Crippen LogP contribution in [-0.4, -0.2) is 42.5 Å². The molecule has 2 aromatic rings. The van der Waals surface area contributed by atoms with Crippen molar-refractivity contribution in [1.82, 2.24) is 10.2 Å². The number of nitrogens with zero attached hydrogens (tertiary/aromatic N) is 1. The van der Waals surface area contributed by atoms with Crippen LogP contribution in [0.5, 0.6) is 5.75 Å². The lowest BCUT2D eigenvalue weighted by molar-refractivity contribution is -0.122. The summed E-state index contributed by atoms with van der Waals surface area (Å²) < 4.78 is 5.66. The molecule has 0 spiro atoms. The first-order valence-electron chi connectivity index (χ1n) is 10.1. The first-order valence-corrected chi connectivity index (χ1v) is 10.4. The van der Waals surface area contributed by atoms with E-state index >= 15 is 0 Å². The minimum atomic E-state index is -0.0476. The normalized spacial score (nSPS) is 14.5. The minimum absolute atomic E-state index is 0.0355. The molecule has 1 fully saturated rings. The summed E-state index contributed by atoms with van der Waals surface area (Å²) in [5.41, 5.74) is 1.72. The van der Waals surface area contributed by atoms with Crippen molar-refractivity contribution in [2.75, 3.05) is 19.7 Å². The van der Waals surface area contributed by atoms with E-state index < -0.39 is 0 Å². The Kier molecular flexibility index (Phi) is 7.53. The Morgan fingerprint density at radius 3 is 2.48 bits per heavy atom. The second-order valence-corrected chi connectivity index (χ2v) is 7.79. The SMILES string of the molecule is Cc1ccc(OCCCC(=O)NC2CCN(C(=O)c3ccccc3Cl)CC2)cc1. The number of amides is 2. The Balaban J connectivity index is 1.34. The molecule has 0 unspecified atom stereocenters. The number of likely N-dealkylation sites (tertiary alicyclic amines) is 1. The maximum Gasteiger partial charge on any atom is 0.255 e. The quantitative estimate of drug-likeness (QED) is 0.690. The highest BCUT2D eigenvalue weighted by Gasteiger charge is 2.25. The van der Waals surface area contributed by atoms with Crippen molar-refractivity contribution in [1.29, 1.82) is 0 Å². The topological polar surface area (TPSA) is 58.6 Å². The molecule has 2 amide bonds. The lowest BCUT2D eigenvalue weighted by atomic mass is 10.0. The van der Waals surface area contributed by atoms with E-state index in [4.69, 9.17) is 16.3 Å². The van der Waals surface area contributed by atoms with Crippen molar-refractivity contribution in [3.8, 4) is 5.75 Å². The molecule has 2 aromatic carbocycles. The van der Waals surface area contributed by atoms with Crippen LogP contribution in [0.25, 0.3) is 0 Å². The number of carbonyl (C=O) groups is 2. The summed E-state index contributed by atoms with van der Waals surface area (Å²) in [6.45, 7) is 3.78. The van der Waals surface area contributed by atoms with Gasteiger partial charge in [-0.1, -0.05) is 41.4 Å². The van der Waals surface area contributed by atoms with Crippen molar-refractivity contribution in [3.05, 3.63) is 64.7 Å². The summed E-state index contributed by atoms with van der Waals surface area (Å²) >= 11 is 6.13. The molecule has 0 saturated carbocycles. The van der Waals surface area contributed by atoms with Crippen LogP contribution in [0, 0.1) is 6.92 Å². The van der Waals surface area contributed by atoms with Gasteiger partial charge in [-0.05, 0) is 50.5 Å². The Morgan fingerprint density at radius 1 is 1.10 bits per heavy atom. The second-order valence-electron chi connectivity index (χ2n) is 7.38. The molecule has 0 bridgehead atoms. The summed E-state index contributed by atoms with van der Waals surface area (Å²) in [6, 6.07) is 15.1. The second kappa shape index (κ2) is 10.3. The standard InChI is InChI=1S/C23H27ClN2O3/c1-17-8-10-19(11-9-17)29-16-4-7-22(27)25-18-12-14-26(15-13-18)23(28)20-5-2-3-6-21(20)24/h2-3,5-6,8-11,18H,4,7,12-16H2,1H3,(H,25,27). The van der Waals surface area contributed by atoms with E-state index in [1.807, 2.05) is 43.3 Å². The van der Waals surface area contributed by atoms with E-state index in [1.165, 1.54) is 5.56 Å². The fraction of sp³-hybridized carbons (Fsp3) is 0.391. The fourth-order valence-corrected chi connectivity index (χ4v) is 3.61. The van der Waals surface area contributed by atoms with Crippen LogP contribution in [0.2, 0.25) is 5.02 Å². The van der Waals surface area contributed by atoms with Gasteiger partial charge >= 0.3 is 0 Å². The summed E-state index contributed by atoms with van der Waals surface area (Å²) in [5.74, 6) is 0.814. The number of piperidine rings is 1. The smallest absolute Gasteiger partial charge is 0.255 e. The molecular weight excluding hydrogens is 388 g/mol. The van der Waals surface area contributed by atoms with E-state index in [0.717, 1.165) is 18.6 Å². The highest BCUT2D eigenvalue weighted by atomic mass is 35.5. The lowest BCUT2D eigenvalue weighted by Gasteiger charge is -2.32. The molecule has 1 aliphatic rings. The average molecular weight is 415 g/mol. The molecule has 0 radical (unpaired) electrons. The van der Waals surface area contributed by atoms with Gasteiger partial charge in [0, 0.05) is 25.6 Å². The van der Waals surface area contributed by atoms with Crippen LogP contribution in [0.1, 0.15) is 41.6 Å². The van der Waals surface area contributed by atoms with E-state index in [2.05, 4.69) is 5.32 Å². The van der Waals surface area contributed by atoms with Gasteiger partial charge in [-0.15, -0.1) is 0 Å². The largest absolute Gasteiger partial charge is 0.494 e. The number of hydrogen-bond donors (Lipinski definition) is 1. The van der Waals surface area contributed by atoms with Crippen LogP contribution < -0.4 is 10.1 Å². The molecule has 0 aromatic heterocycles. The zero-order valence-corrected chi connectivity index (χ0v) is 17.5. The summed E-state index contributed by atoms with van der Waals surface area (Å²) in [7, 11) is 0. The number of halogens is 1. The van der Waals surface area contributed by atoms with E-state index in [1.54, 1.807) is 17.0 Å². The van der Waals surface area contributed by atoms with Gasteiger partial charge in [0.15, 0.2) is 0 Å². The lowest BCUT2D eigenvalue weighted by Crippen LogP contribution is -2.46. The monoisotopic (exact) mass is 414 g/mol. The number of benzene rings is 2. The van der Waals surface area contributed by atoms with Crippen LogP contribution in [-0.2, 0) is 4.79 Å². The molecule has 0 atom stereocenters. The average Bonchev–Trinajstić information content (AvgIpc) is 2.73. The minimum Gasteiger partial charge on any atom is -0.494 e. The zero-order chi connectivity index (χ0) is 20.6. The highest BCUT2D eigenvalue weighted by Crippen LogP contribution is 2.20. The molecule has 6 heteroatoms. The molecule has 154 valence electrons. The molecule has 1 heterocycles. The first-order chi connectivity index (χ1) is 14.0. The maximum atomic E-state index is 12.6. The molecule has 1 aliphatic heterocycles. The number of aryl methyl sites for hydroxylation is 1. The van der Waals surface area contributed by atoms with Crippen LogP contribution in [0.3, 0.4) is 0 Å². The Hall–Kier alpha value is -2.53. The van der Waals surface area contributed by atoms with Gasteiger partial charge in [-0.25, -0.2) is 0 Å². The Bertz CT molecular complexity index is 830. The van der Waals surface area contributed by atoms with Crippen molar-refractivity contribution in [2.45, 2.75) is 38.6 Å².